The maximum atomic E-state index is 6.41. The van der Waals surface area contributed by atoms with E-state index in [0.717, 1.165) is 29.2 Å². The third kappa shape index (κ3) is 1.70. The van der Waals surface area contributed by atoms with Gasteiger partial charge in [-0.2, -0.15) is 0 Å². The third-order valence-corrected chi connectivity index (χ3v) is 5.20. The van der Waals surface area contributed by atoms with Gasteiger partial charge in [-0.3, -0.25) is 0 Å². The van der Waals surface area contributed by atoms with Crippen molar-refractivity contribution in [2.24, 2.45) is 17.8 Å². The van der Waals surface area contributed by atoms with Crippen LogP contribution in [0.1, 0.15) is 38.5 Å². The SMILES string of the molecule is Nc1ccc(OC23CC4CC(CC(C4)C2)C3)cc1. The molecule has 0 unspecified atom stereocenters. The van der Waals surface area contributed by atoms with Gasteiger partial charge in [0.1, 0.15) is 11.4 Å². The number of rotatable bonds is 2. The highest BCUT2D eigenvalue weighted by Gasteiger charge is 2.52. The molecule has 2 heteroatoms. The van der Waals surface area contributed by atoms with E-state index in [9.17, 15) is 0 Å². The van der Waals surface area contributed by atoms with E-state index >= 15 is 0 Å². The first-order valence-electron chi connectivity index (χ1n) is 7.25. The second kappa shape index (κ2) is 3.66. The fraction of sp³-hybridized carbons (Fsp3) is 0.625. The van der Waals surface area contributed by atoms with Crippen molar-refractivity contribution in [1.82, 2.24) is 0 Å². The highest BCUT2D eigenvalue weighted by Crippen LogP contribution is 2.56. The highest BCUT2D eigenvalue weighted by atomic mass is 16.5. The zero-order valence-electron chi connectivity index (χ0n) is 10.8. The lowest BCUT2D eigenvalue weighted by atomic mass is 9.54. The number of hydrogen-bond acceptors (Lipinski definition) is 2. The van der Waals surface area contributed by atoms with Gasteiger partial charge in [-0.05, 0) is 80.5 Å². The van der Waals surface area contributed by atoms with Crippen LogP contribution in [0.4, 0.5) is 5.69 Å². The Labute approximate surface area is 109 Å². The summed E-state index contributed by atoms with van der Waals surface area (Å²) in [6, 6.07) is 7.92. The molecule has 0 aliphatic heterocycles. The number of hydrogen-bond donors (Lipinski definition) is 1. The van der Waals surface area contributed by atoms with Crippen LogP contribution >= 0.6 is 0 Å². The van der Waals surface area contributed by atoms with Crippen molar-refractivity contribution in [3.05, 3.63) is 24.3 Å². The molecule has 96 valence electrons. The summed E-state index contributed by atoms with van der Waals surface area (Å²) in [4.78, 5) is 0. The third-order valence-electron chi connectivity index (χ3n) is 5.20. The van der Waals surface area contributed by atoms with Crippen molar-refractivity contribution in [3.8, 4) is 5.75 Å². The van der Waals surface area contributed by atoms with E-state index in [2.05, 4.69) is 0 Å². The van der Waals surface area contributed by atoms with Gasteiger partial charge in [0, 0.05) is 5.69 Å². The van der Waals surface area contributed by atoms with Gasteiger partial charge in [-0.15, -0.1) is 0 Å². The predicted molar refractivity (Wildman–Crippen MR) is 72.4 cm³/mol. The molecule has 0 atom stereocenters. The molecule has 4 fully saturated rings. The summed E-state index contributed by atoms with van der Waals surface area (Å²) in [5.41, 5.74) is 6.70. The Morgan fingerprint density at radius 1 is 0.889 bits per heavy atom. The number of nitrogen functional groups attached to an aromatic ring is 1. The molecule has 4 bridgehead atoms. The Morgan fingerprint density at radius 3 is 1.89 bits per heavy atom. The maximum absolute atomic E-state index is 6.41. The van der Waals surface area contributed by atoms with Gasteiger partial charge in [0.25, 0.3) is 0 Å². The van der Waals surface area contributed by atoms with Crippen LogP contribution in [0.2, 0.25) is 0 Å². The van der Waals surface area contributed by atoms with Crippen LogP contribution in [0, 0.1) is 17.8 Å². The van der Waals surface area contributed by atoms with E-state index in [-0.39, 0.29) is 5.60 Å². The van der Waals surface area contributed by atoms with Gasteiger partial charge in [-0.1, -0.05) is 0 Å². The Hall–Kier alpha value is -1.18. The van der Waals surface area contributed by atoms with Gasteiger partial charge < -0.3 is 10.5 Å². The zero-order valence-corrected chi connectivity index (χ0v) is 10.8. The monoisotopic (exact) mass is 243 g/mol. The summed E-state index contributed by atoms with van der Waals surface area (Å²) in [5.74, 6) is 3.81. The molecule has 18 heavy (non-hydrogen) atoms. The fourth-order valence-electron chi connectivity index (χ4n) is 4.94. The van der Waals surface area contributed by atoms with Gasteiger partial charge in [0.15, 0.2) is 0 Å². The van der Waals surface area contributed by atoms with Gasteiger partial charge in [0.05, 0.1) is 0 Å². The van der Waals surface area contributed by atoms with Crippen molar-refractivity contribution in [3.63, 3.8) is 0 Å². The molecule has 0 aromatic heterocycles. The van der Waals surface area contributed by atoms with Crippen molar-refractivity contribution in [2.75, 3.05) is 5.73 Å². The Kier molecular flexibility index (Phi) is 2.18. The second-order valence-electron chi connectivity index (χ2n) is 6.77. The van der Waals surface area contributed by atoms with Crippen LogP contribution in [0.3, 0.4) is 0 Å². The van der Waals surface area contributed by atoms with Crippen LogP contribution in [0.5, 0.6) is 5.75 Å². The van der Waals surface area contributed by atoms with E-state index in [4.69, 9.17) is 10.5 Å². The molecule has 0 heterocycles. The summed E-state index contributed by atoms with van der Waals surface area (Å²) < 4.78 is 6.41. The van der Waals surface area contributed by atoms with Crippen LogP contribution < -0.4 is 10.5 Å². The van der Waals surface area contributed by atoms with Crippen molar-refractivity contribution in [2.45, 2.75) is 44.1 Å². The molecule has 1 aromatic carbocycles. The number of ether oxygens (including phenoxy) is 1. The van der Waals surface area contributed by atoms with Gasteiger partial charge in [0.2, 0.25) is 0 Å². The molecule has 4 saturated carbocycles. The maximum Gasteiger partial charge on any atom is 0.120 e. The Bertz CT molecular complexity index is 415. The molecule has 4 aliphatic rings. The topological polar surface area (TPSA) is 35.2 Å². The molecule has 2 N–H and O–H groups in total. The molecule has 2 nitrogen and oxygen atoms in total. The first kappa shape index (κ1) is 10.7. The number of nitrogens with two attached hydrogens (primary N) is 1. The van der Waals surface area contributed by atoms with Gasteiger partial charge in [-0.25, -0.2) is 0 Å². The van der Waals surface area contributed by atoms with E-state index in [1.54, 1.807) is 0 Å². The number of benzene rings is 1. The molecule has 5 rings (SSSR count). The molecular weight excluding hydrogens is 222 g/mol. The summed E-state index contributed by atoms with van der Waals surface area (Å²) in [7, 11) is 0. The quantitative estimate of drug-likeness (QED) is 0.805. The normalized spacial score (nSPS) is 41.0. The minimum Gasteiger partial charge on any atom is -0.487 e. The van der Waals surface area contributed by atoms with Crippen LogP contribution in [0.15, 0.2) is 24.3 Å². The molecule has 1 aromatic rings. The first-order valence-corrected chi connectivity index (χ1v) is 7.25. The average molecular weight is 243 g/mol. The average Bonchev–Trinajstić information content (AvgIpc) is 2.30. The van der Waals surface area contributed by atoms with E-state index < -0.39 is 0 Å². The Balaban J connectivity index is 1.58. The molecule has 0 spiro atoms. The largest absolute Gasteiger partial charge is 0.487 e. The predicted octanol–water partition coefficient (Wildman–Crippen LogP) is 3.62. The summed E-state index contributed by atoms with van der Waals surface area (Å²) in [5, 5.41) is 0. The summed E-state index contributed by atoms with van der Waals surface area (Å²) in [6.07, 6.45) is 8.23. The Morgan fingerprint density at radius 2 is 1.39 bits per heavy atom. The summed E-state index contributed by atoms with van der Waals surface area (Å²) in [6.45, 7) is 0. The summed E-state index contributed by atoms with van der Waals surface area (Å²) >= 11 is 0. The van der Waals surface area contributed by atoms with Crippen LogP contribution in [-0.2, 0) is 0 Å². The lowest BCUT2D eigenvalue weighted by molar-refractivity contribution is -0.107. The van der Waals surface area contributed by atoms with Crippen molar-refractivity contribution >= 4 is 5.69 Å². The molecule has 0 saturated heterocycles. The standard InChI is InChI=1S/C16H21NO/c17-14-1-3-15(4-2-14)18-16-8-11-5-12(9-16)7-13(6-11)10-16/h1-4,11-13H,5-10,17H2. The highest BCUT2D eigenvalue weighted by molar-refractivity contribution is 5.41. The minimum absolute atomic E-state index is 0.158. The minimum atomic E-state index is 0.158. The number of anilines is 1. The van der Waals surface area contributed by atoms with E-state index in [1.807, 2.05) is 24.3 Å². The molecular formula is C16H21NO. The van der Waals surface area contributed by atoms with E-state index in [1.165, 1.54) is 38.5 Å². The van der Waals surface area contributed by atoms with Crippen LogP contribution in [-0.4, -0.2) is 5.60 Å². The molecule has 0 amide bonds. The lowest BCUT2D eigenvalue weighted by Crippen LogP contribution is -2.53. The second-order valence-corrected chi connectivity index (χ2v) is 6.77. The van der Waals surface area contributed by atoms with Crippen molar-refractivity contribution < 1.29 is 4.74 Å². The van der Waals surface area contributed by atoms with Crippen molar-refractivity contribution in [1.29, 1.82) is 0 Å². The molecule has 0 radical (unpaired) electrons. The van der Waals surface area contributed by atoms with Crippen LogP contribution in [0.25, 0.3) is 0 Å². The fourth-order valence-corrected chi connectivity index (χ4v) is 4.94. The molecule has 4 aliphatic carbocycles. The smallest absolute Gasteiger partial charge is 0.120 e. The lowest BCUT2D eigenvalue weighted by Gasteiger charge is -2.56. The first-order chi connectivity index (χ1) is 8.71. The zero-order chi connectivity index (χ0) is 12.2. The van der Waals surface area contributed by atoms with Gasteiger partial charge >= 0.3 is 0 Å². The van der Waals surface area contributed by atoms with E-state index in [0.29, 0.717) is 0 Å².